The molecule has 0 saturated carbocycles. The fraction of sp³-hybridized carbons (Fsp3) is 0.846. The number of hydrogen-bond donors (Lipinski definition) is 3. The molecule has 5 amide bonds. The molecule has 0 bridgehead atoms. The van der Waals surface area contributed by atoms with Gasteiger partial charge in [0.25, 0.3) is 5.91 Å². The van der Waals surface area contributed by atoms with Crippen LogP contribution in [0.25, 0.3) is 0 Å². The van der Waals surface area contributed by atoms with Crippen molar-refractivity contribution < 1.29 is 19.2 Å². The van der Waals surface area contributed by atoms with Crippen molar-refractivity contribution >= 4 is 23.8 Å². The molecule has 8 nitrogen and oxygen atoms in total. The summed E-state index contributed by atoms with van der Waals surface area (Å²) in [5.41, 5.74) is 0. The Labute approximate surface area is 206 Å². The minimum Gasteiger partial charge on any atom is -0.356 e. The molecule has 0 aromatic heterocycles. The standard InChI is InChI=1S/C26H48N4O4/c1-21(2)16-14-12-10-8-6-4-5-7-9-11-13-15-17-23(31)27-19-18-24(32)29-22-20-28-26(34)30(3)25(22)33/h21-22H,4-20H2,1-3H3,(H,27,31)(H,28,34)(H,29,32)/t22-/m1/s1. The number of urea groups is 1. The summed E-state index contributed by atoms with van der Waals surface area (Å²) in [6.45, 7) is 4.92. The molecular weight excluding hydrogens is 432 g/mol. The summed E-state index contributed by atoms with van der Waals surface area (Å²) in [6.07, 6.45) is 17.2. The Morgan fingerprint density at radius 2 is 1.38 bits per heavy atom. The number of carbonyl (C=O) groups excluding carboxylic acids is 4. The van der Waals surface area contributed by atoms with Crippen LogP contribution in [-0.4, -0.2) is 54.8 Å². The first-order chi connectivity index (χ1) is 16.3. The van der Waals surface area contributed by atoms with E-state index >= 15 is 0 Å². The first kappa shape index (κ1) is 29.9. The van der Waals surface area contributed by atoms with E-state index in [2.05, 4.69) is 29.8 Å². The van der Waals surface area contributed by atoms with E-state index in [1.54, 1.807) is 0 Å². The van der Waals surface area contributed by atoms with Crippen molar-refractivity contribution in [3.8, 4) is 0 Å². The van der Waals surface area contributed by atoms with Crippen molar-refractivity contribution in [2.24, 2.45) is 5.92 Å². The minimum absolute atomic E-state index is 0.0399. The second kappa shape index (κ2) is 18.2. The van der Waals surface area contributed by atoms with Gasteiger partial charge in [0.15, 0.2) is 0 Å². The van der Waals surface area contributed by atoms with E-state index in [0.717, 1.165) is 23.7 Å². The third kappa shape index (κ3) is 14.2. The van der Waals surface area contributed by atoms with Crippen molar-refractivity contribution in [1.82, 2.24) is 20.9 Å². The number of nitrogens with one attached hydrogen (secondary N) is 3. The number of rotatable bonds is 19. The Bertz CT molecular complexity index is 624. The Kier molecular flexibility index (Phi) is 16.0. The molecular formula is C26H48N4O4. The highest BCUT2D eigenvalue weighted by molar-refractivity contribution is 6.01. The van der Waals surface area contributed by atoms with Gasteiger partial charge in [-0.2, -0.15) is 0 Å². The van der Waals surface area contributed by atoms with Gasteiger partial charge in [-0.05, 0) is 12.3 Å². The van der Waals surface area contributed by atoms with Crippen LogP contribution in [0.15, 0.2) is 0 Å². The molecule has 196 valence electrons. The molecule has 1 fully saturated rings. The summed E-state index contributed by atoms with van der Waals surface area (Å²) in [5, 5.41) is 7.89. The summed E-state index contributed by atoms with van der Waals surface area (Å²) in [5.74, 6) is 0.0361. The second-order valence-corrected chi connectivity index (χ2v) is 9.98. The zero-order chi connectivity index (χ0) is 25.2. The molecule has 0 unspecified atom stereocenters. The molecule has 1 aliphatic heterocycles. The van der Waals surface area contributed by atoms with E-state index in [4.69, 9.17) is 0 Å². The molecule has 3 N–H and O–H groups in total. The van der Waals surface area contributed by atoms with Crippen molar-refractivity contribution in [3.63, 3.8) is 0 Å². The third-order valence-electron chi connectivity index (χ3n) is 6.34. The van der Waals surface area contributed by atoms with Crippen LogP contribution in [0, 0.1) is 5.92 Å². The molecule has 0 aliphatic carbocycles. The number of imide groups is 1. The van der Waals surface area contributed by atoms with Gasteiger partial charge in [0.1, 0.15) is 6.04 Å². The fourth-order valence-corrected chi connectivity index (χ4v) is 4.12. The van der Waals surface area contributed by atoms with Crippen LogP contribution in [0.3, 0.4) is 0 Å². The van der Waals surface area contributed by atoms with E-state index in [9.17, 15) is 19.2 Å². The summed E-state index contributed by atoms with van der Waals surface area (Å²) in [7, 11) is 1.37. The molecule has 1 rings (SSSR count). The van der Waals surface area contributed by atoms with Gasteiger partial charge in [-0.1, -0.05) is 90.9 Å². The maximum Gasteiger partial charge on any atom is 0.323 e. The van der Waals surface area contributed by atoms with Crippen LogP contribution in [0.2, 0.25) is 0 Å². The molecule has 0 aromatic rings. The lowest BCUT2D eigenvalue weighted by molar-refractivity contribution is -0.134. The van der Waals surface area contributed by atoms with Crippen molar-refractivity contribution in [2.45, 2.75) is 116 Å². The lowest BCUT2D eigenvalue weighted by atomic mass is 10.0. The van der Waals surface area contributed by atoms with Gasteiger partial charge in [0, 0.05) is 33.0 Å². The van der Waals surface area contributed by atoms with Crippen LogP contribution in [0.5, 0.6) is 0 Å². The molecule has 1 heterocycles. The van der Waals surface area contributed by atoms with Gasteiger partial charge in [0.2, 0.25) is 11.8 Å². The molecule has 0 aromatic carbocycles. The van der Waals surface area contributed by atoms with Gasteiger partial charge >= 0.3 is 6.03 Å². The molecule has 1 aliphatic rings. The number of likely N-dealkylation sites (N-methyl/N-ethyl adjacent to an activating group) is 1. The van der Waals surface area contributed by atoms with Crippen LogP contribution in [-0.2, 0) is 14.4 Å². The van der Waals surface area contributed by atoms with Gasteiger partial charge < -0.3 is 16.0 Å². The number of carbonyl (C=O) groups is 4. The van der Waals surface area contributed by atoms with Gasteiger partial charge in [0.05, 0.1) is 0 Å². The summed E-state index contributed by atoms with van der Waals surface area (Å²) < 4.78 is 0. The maximum absolute atomic E-state index is 12.0. The molecule has 1 atom stereocenters. The monoisotopic (exact) mass is 480 g/mol. The average Bonchev–Trinajstić information content (AvgIpc) is 2.79. The average molecular weight is 481 g/mol. The van der Waals surface area contributed by atoms with Crippen molar-refractivity contribution in [2.75, 3.05) is 20.1 Å². The van der Waals surface area contributed by atoms with Crippen molar-refractivity contribution in [3.05, 3.63) is 0 Å². The highest BCUT2D eigenvalue weighted by Crippen LogP contribution is 2.14. The van der Waals surface area contributed by atoms with Crippen molar-refractivity contribution in [1.29, 1.82) is 0 Å². The largest absolute Gasteiger partial charge is 0.356 e. The van der Waals surface area contributed by atoms with E-state index in [0.29, 0.717) is 6.42 Å². The van der Waals surface area contributed by atoms with E-state index in [1.165, 1.54) is 77.7 Å². The van der Waals surface area contributed by atoms with Gasteiger partial charge in [-0.3, -0.25) is 19.3 Å². The first-order valence-corrected chi connectivity index (χ1v) is 13.4. The van der Waals surface area contributed by atoms with E-state index in [-0.39, 0.29) is 31.3 Å². The number of hydrogen-bond acceptors (Lipinski definition) is 4. The SMILES string of the molecule is CC(C)CCCCCCCCCCCCCCC(=O)NCCC(=O)N[C@@H]1CNC(=O)N(C)C1=O. The van der Waals surface area contributed by atoms with E-state index < -0.39 is 18.0 Å². The number of amides is 5. The predicted octanol–water partition coefficient (Wildman–Crippen LogP) is 4.28. The molecule has 0 radical (unpaired) electrons. The predicted molar refractivity (Wildman–Crippen MR) is 135 cm³/mol. The lowest BCUT2D eigenvalue weighted by Crippen LogP contribution is -2.61. The Balaban J connectivity index is 1.89. The smallest absolute Gasteiger partial charge is 0.323 e. The Morgan fingerprint density at radius 1 is 0.853 bits per heavy atom. The van der Waals surface area contributed by atoms with Crippen LogP contribution in [0.1, 0.15) is 110 Å². The van der Waals surface area contributed by atoms with Gasteiger partial charge in [-0.25, -0.2) is 4.79 Å². The Morgan fingerprint density at radius 3 is 1.94 bits per heavy atom. The Hall–Kier alpha value is -2.12. The molecule has 8 heteroatoms. The molecule has 0 spiro atoms. The number of unbranched alkanes of at least 4 members (excludes halogenated alkanes) is 11. The zero-order valence-electron chi connectivity index (χ0n) is 21.8. The molecule has 34 heavy (non-hydrogen) atoms. The van der Waals surface area contributed by atoms with Crippen LogP contribution in [0.4, 0.5) is 4.79 Å². The highest BCUT2D eigenvalue weighted by Gasteiger charge is 2.32. The quantitative estimate of drug-likeness (QED) is 0.240. The topological polar surface area (TPSA) is 108 Å². The summed E-state index contributed by atoms with van der Waals surface area (Å²) in [4.78, 5) is 48.2. The fourth-order valence-electron chi connectivity index (χ4n) is 4.12. The molecule has 1 saturated heterocycles. The summed E-state index contributed by atoms with van der Waals surface area (Å²) >= 11 is 0. The number of nitrogens with zero attached hydrogens (tertiary/aromatic N) is 1. The third-order valence-corrected chi connectivity index (χ3v) is 6.34. The van der Waals surface area contributed by atoms with Crippen LogP contribution >= 0.6 is 0 Å². The van der Waals surface area contributed by atoms with Crippen LogP contribution < -0.4 is 16.0 Å². The lowest BCUT2D eigenvalue weighted by Gasteiger charge is -2.29. The second-order valence-electron chi connectivity index (χ2n) is 9.98. The highest BCUT2D eigenvalue weighted by atomic mass is 16.2. The summed E-state index contributed by atoms with van der Waals surface area (Å²) in [6, 6.07) is -1.23. The normalized spacial score (nSPS) is 16.0. The zero-order valence-corrected chi connectivity index (χ0v) is 21.8. The van der Waals surface area contributed by atoms with E-state index in [1.807, 2.05) is 0 Å². The minimum atomic E-state index is -0.759. The van der Waals surface area contributed by atoms with Gasteiger partial charge in [-0.15, -0.1) is 0 Å². The maximum atomic E-state index is 12.0. The first-order valence-electron chi connectivity index (χ1n) is 13.4.